The average molecular weight is 301 g/mol. The third kappa shape index (κ3) is 3.89. The molecule has 1 heterocycles. The molecule has 1 rings (SSSR count). The third-order valence-electron chi connectivity index (χ3n) is 2.25. The number of hydrogen-bond donors (Lipinski definition) is 2. The maximum Gasteiger partial charge on any atom is 0.239 e. The van der Waals surface area contributed by atoms with Gasteiger partial charge in [0.2, 0.25) is 5.91 Å². The second kappa shape index (κ2) is 6.44. The number of carbonyl (C=O) groups excluding carboxylic acids is 1. The zero-order valence-electron chi connectivity index (χ0n) is 10.0. The van der Waals surface area contributed by atoms with Gasteiger partial charge in [-0.1, -0.05) is 0 Å². The molecule has 0 radical (unpaired) electrons. The van der Waals surface area contributed by atoms with Gasteiger partial charge in [-0.25, -0.2) is 4.98 Å². The predicted octanol–water partition coefficient (Wildman–Crippen LogP) is 1.39. The van der Waals surface area contributed by atoms with E-state index in [0.717, 1.165) is 4.47 Å². The van der Waals surface area contributed by atoms with Crippen molar-refractivity contribution in [3.8, 4) is 0 Å². The van der Waals surface area contributed by atoms with Crippen LogP contribution in [0.15, 0.2) is 16.7 Å². The lowest BCUT2D eigenvalue weighted by atomic mass is 10.3. The molecule has 0 unspecified atom stereocenters. The van der Waals surface area contributed by atoms with Gasteiger partial charge in [-0.3, -0.25) is 4.79 Å². The monoisotopic (exact) mass is 300 g/mol. The summed E-state index contributed by atoms with van der Waals surface area (Å²) in [6.45, 7) is 5.42. The number of pyridine rings is 1. The summed E-state index contributed by atoms with van der Waals surface area (Å²) in [6, 6.07) is 1.78. The van der Waals surface area contributed by atoms with E-state index in [9.17, 15) is 4.79 Å². The Hall–Kier alpha value is -1.30. The Morgan fingerprint density at radius 2 is 2.29 bits per heavy atom. The highest BCUT2D eigenvalue weighted by Crippen LogP contribution is 2.23. The molecule has 0 bridgehead atoms. The molecule has 1 aromatic heterocycles. The van der Waals surface area contributed by atoms with E-state index in [2.05, 4.69) is 26.2 Å². The number of nitrogens with one attached hydrogen (secondary N) is 1. The van der Waals surface area contributed by atoms with Gasteiger partial charge in [0, 0.05) is 23.8 Å². The lowest BCUT2D eigenvalue weighted by Crippen LogP contribution is -2.37. The Morgan fingerprint density at radius 3 is 2.82 bits per heavy atom. The van der Waals surface area contributed by atoms with E-state index < -0.39 is 0 Å². The molecule has 0 saturated carbocycles. The topological polar surface area (TPSA) is 71.2 Å². The molecule has 1 aromatic rings. The fourth-order valence-electron chi connectivity index (χ4n) is 1.47. The number of aromatic nitrogens is 1. The van der Waals surface area contributed by atoms with Crippen LogP contribution in [0.2, 0.25) is 0 Å². The van der Waals surface area contributed by atoms with Gasteiger partial charge in [-0.2, -0.15) is 0 Å². The Bertz CT molecular complexity index is 397. The number of nitrogens with zero attached hydrogens (tertiary/aromatic N) is 2. The van der Waals surface area contributed by atoms with Crippen molar-refractivity contribution < 1.29 is 4.79 Å². The molecule has 5 nitrogen and oxygen atoms in total. The largest absolute Gasteiger partial charge is 0.396 e. The SMILES string of the molecule is CCNC(=O)CN(CC)c1ncc(Br)cc1N. The second-order valence-corrected chi connectivity index (χ2v) is 4.45. The first-order valence-corrected chi connectivity index (χ1v) is 6.30. The van der Waals surface area contributed by atoms with Crippen LogP contribution in [0.1, 0.15) is 13.8 Å². The number of rotatable bonds is 5. The molecule has 3 N–H and O–H groups in total. The summed E-state index contributed by atoms with van der Waals surface area (Å²) >= 11 is 3.30. The Morgan fingerprint density at radius 1 is 1.59 bits per heavy atom. The van der Waals surface area contributed by atoms with E-state index in [0.29, 0.717) is 24.6 Å². The molecule has 0 fully saturated rings. The minimum Gasteiger partial charge on any atom is -0.396 e. The van der Waals surface area contributed by atoms with Crippen molar-refractivity contribution in [2.24, 2.45) is 0 Å². The molecule has 0 atom stereocenters. The van der Waals surface area contributed by atoms with Crippen molar-refractivity contribution in [1.29, 1.82) is 0 Å². The maximum atomic E-state index is 11.5. The van der Waals surface area contributed by atoms with Crippen LogP contribution in [0.3, 0.4) is 0 Å². The van der Waals surface area contributed by atoms with Gasteiger partial charge in [0.15, 0.2) is 5.82 Å². The first-order valence-electron chi connectivity index (χ1n) is 5.51. The van der Waals surface area contributed by atoms with Crippen LogP contribution < -0.4 is 16.0 Å². The fraction of sp³-hybridized carbons (Fsp3) is 0.455. The quantitative estimate of drug-likeness (QED) is 0.862. The smallest absolute Gasteiger partial charge is 0.239 e. The molecule has 0 saturated heterocycles. The van der Waals surface area contributed by atoms with E-state index in [1.165, 1.54) is 0 Å². The van der Waals surface area contributed by atoms with Crippen LogP contribution in [0.4, 0.5) is 11.5 Å². The standard InChI is InChI=1S/C11H17BrN4O/c1-3-14-10(17)7-16(4-2)11-9(13)5-8(12)6-15-11/h5-6H,3-4,7,13H2,1-2H3,(H,14,17). The summed E-state index contributed by atoms with van der Waals surface area (Å²) in [7, 11) is 0. The number of carbonyl (C=O) groups is 1. The van der Waals surface area contributed by atoms with E-state index >= 15 is 0 Å². The summed E-state index contributed by atoms with van der Waals surface area (Å²) in [4.78, 5) is 17.6. The molecule has 0 aliphatic carbocycles. The van der Waals surface area contributed by atoms with E-state index in [1.807, 2.05) is 18.7 Å². The predicted molar refractivity (Wildman–Crippen MR) is 72.9 cm³/mol. The lowest BCUT2D eigenvalue weighted by molar-refractivity contribution is -0.119. The van der Waals surface area contributed by atoms with Gasteiger partial charge in [0.25, 0.3) is 0 Å². The van der Waals surface area contributed by atoms with Crippen molar-refractivity contribution in [3.05, 3.63) is 16.7 Å². The Kier molecular flexibility index (Phi) is 5.21. The molecule has 0 aliphatic heterocycles. The Balaban J connectivity index is 2.82. The first kappa shape index (κ1) is 13.8. The van der Waals surface area contributed by atoms with E-state index in [1.54, 1.807) is 12.3 Å². The number of halogens is 1. The lowest BCUT2D eigenvalue weighted by Gasteiger charge is -2.22. The van der Waals surface area contributed by atoms with Crippen LogP contribution in [0.25, 0.3) is 0 Å². The molecule has 0 spiro atoms. The second-order valence-electron chi connectivity index (χ2n) is 3.53. The van der Waals surface area contributed by atoms with Crippen LogP contribution in [-0.4, -0.2) is 30.5 Å². The van der Waals surface area contributed by atoms with Crippen molar-refractivity contribution >= 4 is 33.3 Å². The van der Waals surface area contributed by atoms with Crippen molar-refractivity contribution in [1.82, 2.24) is 10.3 Å². The van der Waals surface area contributed by atoms with Gasteiger partial charge >= 0.3 is 0 Å². The van der Waals surface area contributed by atoms with Crippen LogP contribution in [0.5, 0.6) is 0 Å². The molecule has 1 amide bonds. The zero-order chi connectivity index (χ0) is 12.8. The number of amides is 1. The van der Waals surface area contributed by atoms with Gasteiger partial charge in [-0.15, -0.1) is 0 Å². The van der Waals surface area contributed by atoms with Gasteiger partial charge in [0.1, 0.15) is 0 Å². The molecular formula is C11H17BrN4O. The summed E-state index contributed by atoms with van der Waals surface area (Å²) in [5, 5.41) is 2.75. The average Bonchev–Trinajstić information content (AvgIpc) is 2.27. The minimum absolute atomic E-state index is 0.0292. The summed E-state index contributed by atoms with van der Waals surface area (Å²) in [6.07, 6.45) is 1.67. The van der Waals surface area contributed by atoms with E-state index in [-0.39, 0.29) is 12.5 Å². The van der Waals surface area contributed by atoms with Crippen molar-refractivity contribution in [3.63, 3.8) is 0 Å². The molecule has 0 aromatic carbocycles. The van der Waals surface area contributed by atoms with Gasteiger partial charge in [-0.05, 0) is 35.8 Å². The van der Waals surface area contributed by atoms with Crippen molar-refractivity contribution in [2.75, 3.05) is 30.3 Å². The highest BCUT2D eigenvalue weighted by Gasteiger charge is 2.13. The van der Waals surface area contributed by atoms with Crippen LogP contribution in [-0.2, 0) is 4.79 Å². The third-order valence-corrected chi connectivity index (χ3v) is 2.69. The number of nitrogens with two attached hydrogens (primary N) is 1. The highest BCUT2D eigenvalue weighted by molar-refractivity contribution is 9.10. The minimum atomic E-state index is -0.0292. The summed E-state index contributed by atoms with van der Waals surface area (Å²) in [5.41, 5.74) is 6.44. The molecular weight excluding hydrogens is 284 g/mol. The number of anilines is 2. The maximum absolute atomic E-state index is 11.5. The number of nitrogen functional groups attached to an aromatic ring is 1. The van der Waals surface area contributed by atoms with Crippen molar-refractivity contribution in [2.45, 2.75) is 13.8 Å². The number of hydrogen-bond acceptors (Lipinski definition) is 4. The fourth-order valence-corrected chi connectivity index (χ4v) is 1.82. The van der Waals surface area contributed by atoms with Gasteiger partial charge < -0.3 is 16.0 Å². The highest BCUT2D eigenvalue weighted by atomic mass is 79.9. The molecule has 0 aliphatic rings. The zero-order valence-corrected chi connectivity index (χ0v) is 11.6. The van der Waals surface area contributed by atoms with E-state index in [4.69, 9.17) is 5.73 Å². The first-order chi connectivity index (χ1) is 8.08. The Labute approximate surface area is 110 Å². The summed E-state index contributed by atoms with van der Waals surface area (Å²) in [5.74, 6) is 0.612. The molecule has 6 heteroatoms. The molecule has 94 valence electrons. The summed E-state index contributed by atoms with van der Waals surface area (Å²) < 4.78 is 0.827. The molecule has 17 heavy (non-hydrogen) atoms. The normalized spacial score (nSPS) is 10.1. The van der Waals surface area contributed by atoms with Gasteiger partial charge in [0.05, 0.1) is 12.2 Å². The van der Waals surface area contributed by atoms with Crippen LogP contribution >= 0.6 is 15.9 Å². The number of likely N-dealkylation sites (N-methyl/N-ethyl adjacent to an activating group) is 2. The van der Waals surface area contributed by atoms with Crippen LogP contribution in [0, 0.1) is 0 Å².